The number of aliphatic imine (C=N–C) groups is 1. The van der Waals surface area contributed by atoms with E-state index in [4.69, 9.17) is 0 Å². The zero-order chi connectivity index (χ0) is 12.1. The van der Waals surface area contributed by atoms with Crippen molar-refractivity contribution in [2.45, 2.75) is 12.7 Å². The van der Waals surface area contributed by atoms with Crippen molar-refractivity contribution >= 4 is 48.4 Å². The zero-order valence-corrected chi connectivity index (χ0v) is 12.9. The number of carbonyl (C=O) groups excluding carboxylic acids is 1. The third kappa shape index (κ3) is 5.71. The summed E-state index contributed by atoms with van der Waals surface area (Å²) in [7, 11) is 0. The van der Waals surface area contributed by atoms with Crippen LogP contribution in [0.2, 0.25) is 0 Å². The summed E-state index contributed by atoms with van der Waals surface area (Å²) in [5.41, 5.74) is 2.22. The molecule has 0 radical (unpaired) electrons. The van der Waals surface area contributed by atoms with Gasteiger partial charge in [-0.2, -0.15) is 16.8 Å². The Bertz CT molecular complexity index is 437. The molecule has 0 saturated carbocycles. The van der Waals surface area contributed by atoms with Crippen LogP contribution in [0.1, 0.15) is 11.4 Å². The van der Waals surface area contributed by atoms with Crippen LogP contribution in [0.4, 0.5) is 0 Å². The summed E-state index contributed by atoms with van der Waals surface area (Å²) in [4.78, 5) is 21.9. The molecule has 1 aliphatic rings. The van der Waals surface area contributed by atoms with E-state index in [1.165, 1.54) is 5.69 Å². The number of rotatable bonds is 5. The molecular weight excluding hydrogens is 309 g/mol. The Morgan fingerprint density at radius 1 is 1.47 bits per heavy atom. The number of hydrogen-bond donors (Lipinski definition) is 3. The summed E-state index contributed by atoms with van der Waals surface area (Å²) in [6.07, 6.45) is 1.71. The molecule has 19 heavy (non-hydrogen) atoms. The normalized spacial score (nSPS) is 13.1. The van der Waals surface area contributed by atoms with E-state index >= 15 is 0 Å². The Labute approximate surface area is 128 Å². The molecule has 2 rings (SSSR count). The fourth-order valence-electron chi connectivity index (χ4n) is 1.42. The minimum absolute atomic E-state index is 0. The molecule has 0 unspecified atom stereocenters. The molecule has 0 aliphatic carbocycles. The quantitative estimate of drug-likeness (QED) is 0.700. The van der Waals surface area contributed by atoms with Gasteiger partial charge in [0.15, 0.2) is 5.96 Å². The van der Waals surface area contributed by atoms with Gasteiger partial charge in [0.05, 0.1) is 18.6 Å². The Hall–Kier alpha value is -0.920. The number of H-pyrrole nitrogens is 1. The number of aryl methyl sites for hydroxylation is 1. The zero-order valence-electron chi connectivity index (χ0n) is 10.4. The topological polar surface area (TPSA) is 82.2 Å². The predicted octanol–water partition coefficient (Wildman–Crippen LogP) is 0.870. The van der Waals surface area contributed by atoms with Crippen LogP contribution in [0.25, 0.3) is 0 Å². The maximum Gasteiger partial charge on any atom is 0.268 e. The van der Waals surface area contributed by atoms with Crippen LogP contribution in [0, 0.1) is 6.92 Å². The summed E-state index contributed by atoms with van der Waals surface area (Å²) in [6.45, 7) is 3.09. The number of hydrogen-bond acceptors (Lipinski definition) is 5. The van der Waals surface area contributed by atoms with Crippen molar-refractivity contribution in [2.24, 2.45) is 4.99 Å². The summed E-state index contributed by atoms with van der Waals surface area (Å²) < 4.78 is 0. The highest BCUT2D eigenvalue weighted by Crippen LogP contribution is 2.11. The highest BCUT2D eigenvalue weighted by Gasteiger charge is 2.11. The van der Waals surface area contributed by atoms with Crippen LogP contribution in [0.3, 0.4) is 0 Å². The Kier molecular flexibility index (Phi) is 8.62. The van der Waals surface area contributed by atoms with E-state index in [2.05, 4.69) is 25.6 Å². The minimum atomic E-state index is -0.117. The number of imidazole rings is 1. The molecule has 0 spiro atoms. The highest BCUT2D eigenvalue weighted by molar-refractivity contribution is 7.98. The van der Waals surface area contributed by atoms with E-state index in [0.717, 1.165) is 23.7 Å². The van der Waals surface area contributed by atoms with Gasteiger partial charge in [-0.25, -0.2) is 4.98 Å². The fraction of sp³-hybridized carbons (Fsp3) is 0.500. The van der Waals surface area contributed by atoms with Gasteiger partial charge in [-0.15, -0.1) is 24.8 Å². The number of nitrogens with zero attached hydrogens (tertiary/aromatic N) is 2. The van der Waals surface area contributed by atoms with Gasteiger partial charge < -0.3 is 15.6 Å². The molecule has 108 valence electrons. The van der Waals surface area contributed by atoms with Gasteiger partial charge in [0.1, 0.15) is 0 Å². The second-order valence-corrected chi connectivity index (χ2v) is 4.76. The Balaban J connectivity index is 0.00000162. The van der Waals surface area contributed by atoms with Crippen LogP contribution in [0.5, 0.6) is 0 Å². The first-order chi connectivity index (χ1) is 8.25. The van der Waals surface area contributed by atoms with Gasteiger partial charge in [0, 0.05) is 23.7 Å². The number of halogens is 2. The van der Waals surface area contributed by atoms with Crippen LogP contribution < -0.4 is 10.6 Å². The predicted molar refractivity (Wildman–Crippen MR) is 82.4 cm³/mol. The molecule has 0 atom stereocenters. The van der Waals surface area contributed by atoms with Crippen molar-refractivity contribution in [3.05, 3.63) is 17.7 Å². The Morgan fingerprint density at radius 3 is 2.84 bits per heavy atom. The fourth-order valence-corrected chi connectivity index (χ4v) is 2.30. The van der Waals surface area contributed by atoms with Gasteiger partial charge in [-0.3, -0.25) is 4.79 Å². The summed E-state index contributed by atoms with van der Waals surface area (Å²) in [5.74, 6) is 2.35. The molecule has 0 fully saturated rings. The molecule has 6 nitrogen and oxygen atoms in total. The van der Waals surface area contributed by atoms with Crippen molar-refractivity contribution in [1.82, 2.24) is 20.6 Å². The lowest BCUT2D eigenvalue weighted by molar-refractivity contribution is -0.116. The molecule has 1 aromatic heterocycles. The second kappa shape index (κ2) is 9.06. The third-order valence-electron chi connectivity index (χ3n) is 2.36. The largest absolute Gasteiger partial charge is 0.355 e. The monoisotopic (exact) mass is 325 g/mol. The SMILES string of the molecule is Cc1nc[nH]c1CSCCNC1=NC(=O)CN1.Cl.Cl. The third-order valence-corrected chi connectivity index (χ3v) is 3.35. The van der Waals surface area contributed by atoms with Crippen molar-refractivity contribution in [1.29, 1.82) is 0 Å². The number of aromatic nitrogens is 2. The first-order valence-corrected chi connectivity index (χ1v) is 6.57. The Morgan fingerprint density at radius 2 is 2.26 bits per heavy atom. The van der Waals surface area contributed by atoms with E-state index in [1.807, 2.05) is 18.7 Å². The molecule has 3 N–H and O–H groups in total. The summed E-state index contributed by atoms with van der Waals surface area (Å²) in [5, 5.41) is 5.96. The first kappa shape index (κ1) is 18.1. The van der Waals surface area contributed by atoms with E-state index in [0.29, 0.717) is 12.5 Å². The van der Waals surface area contributed by atoms with Gasteiger partial charge >= 0.3 is 0 Å². The molecule has 0 bridgehead atoms. The lowest BCUT2D eigenvalue weighted by Gasteiger charge is -2.05. The minimum Gasteiger partial charge on any atom is -0.355 e. The van der Waals surface area contributed by atoms with Crippen LogP contribution in [-0.4, -0.2) is 40.7 Å². The van der Waals surface area contributed by atoms with Gasteiger partial charge in [0.25, 0.3) is 5.91 Å². The average Bonchev–Trinajstić information content (AvgIpc) is 2.88. The van der Waals surface area contributed by atoms with Crippen molar-refractivity contribution in [2.75, 3.05) is 18.8 Å². The molecule has 1 aromatic rings. The van der Waals surface area contributed by atoms with Gasteiger partial charge in [-0.1, -0.05) is 0 Å². The van der Waals surface area contributed by atoms with Crippen LogP contribution in [-0.2, 0) is 10.5 Å². The first-order valence-electron chi connectivity index (χ1n) is 5.41. The van der Waals surface area contributed by atoms with Crippen LogP contribution >= 0.6 is 36.6 Å². The highest BCUT2D eigenvalue weighted by atomic mass is 35.5. The van der Waals surface area contributed by atoms with Crippen molar-refractivity contribution in [3.63, 3.8) is 0 Å². The van der Waals surface area contributed by atoms with Crippen molar-refractivity contribution in [3.8, 4) is 0 Å². The number of amides is 1. The second-order valence-electron chi connectivity index (χ2n) is 3.65. The van der Waals surface area contributed by atoms with Gasteiger partial charge in [0.2, 0.25) is 0 Å². The number of carbonyl (C=O) groups is 1. The standard InChI is InChI=1S/C10H15N5OS.2ClH/c1-7-8(14-6-13-7)5-17-3-2-11-10-12-4-9(16)15-10;;/h6H,2-5H2,1H3,(H,13,14)(H2,11,12,15,16);2*1H. The lowest BCUT2D eigenvalue weighted by Crippen LogP contribution is -2.35. The average molecular weight is 326 g/mol. The molecule has 0 aromatic carbocycles. The molecule has 1 aliphatic heterocycles. The van der Waals surface area contributed by atoms with E-state index < -0.39 is 0 Å². The van der Waals surface area contributed by atoms with E-state index in [-0.39, 0.29) is 30.7 Å². The number of guanidine groups is 1. The molecule has 2 heterocycles. The maximum atomic E-state index is 10.8. The maximum absolute atomic E-state index is 10.8. The smallest absolute Gasteiger partial charge is 0.268 e. The lowest BCUT2D eigenvalue weighted by atomic mass is 10.4. The van der Waals surface area contributed by atoms with E-state index in [1.54, 1.807) is 6.33 Å². The molecule has 9 heteroatoms. The molecular formula is C10H17Cl2N5OS. The molecule has 1 amide bonds. The van der Waals surface area contributed by atoms with E-state index in [9.17, 15) is 4.79 Å². The number of thioether (sulfide) groups is 1. The molecule has 0 saturated heterocycles. The van der Waals surface area contributed by atoms with Crippen LogP contribution in [0.15, 0.2) is 11.3 Å². The number of nitrogens with one attached hydrogen (secondary N) is 3. The summed E-state index contributed by atoms with van der Waals surface area (Å²) >= 11 is 1.81. The summed E-state index contributed by atoms with van der Waals surface area (Å²) in [6, 6.07) is 0. The van der Waals surface area contributed by atoms with Crippen molar-refractivity contribution < 1.29 is 4.79 Å². The van der Waals surface area contributed by atoms with Gasteiger partial charge in [-0.05, 0) is 6.92 Å². The number of aromatic amines is 1.